The van der Waals surface area contributed by atoms with Crippen molar-refractivity contribution in [2.45, 2.75) is 44.9 Å². The Morgan fingerprint density at radius 2 is 2.03 bits per heavy atom. The molecule has 2 aromatic rings. The average Bonchev–Trinajstić information content (AvgIpc) is 3.38. The van der Waals surface area contributed by atoms with E-state index in [1.54, 1.807) is 6.20 Å². The molecular formula is C22H31N5O3. The Labute approximate surface area is 177 Å². The largest absolute Gasteiger partial charge is 0.466 e. The van der Waals surface area contributed by atoms with Crippen molar-refractivity contribution >= 4 is 23.0 Å². The molecule has 1 N–H and O–H groups in total. The second kappa shape index (κ2) is 9.02. The Hall–Kier alpha value is -2.64. The van der Waals surface area contributed by atoms with Crippen molar-refractivity contribution in [3.63, 3.8) is 0 Å². The minimum absolute atomic E-state index is 0.00504. The van der Waals surface area contributed by atoms with E-state index < -0.39 is 0 Å². The van der Waals surface area contributed by atoms with Gasteiger partial charge < -0.3 is 19.5 Å². The van der Waals surface area contributed by atoms with E-state index in [0.717, 1.165) is 55.5 Å². The van der Waals surface area contributed by atoms with Crippen LogP contribution in [0.5, 0.6) is 0 Å². The predicted molar refractivity (Wildman–Crippen MR) is 113 cm³/mol. The van der Waals surface area contributed by atoms with Gasteiger partial charge in [0.15, 0.2) is 0 Å². The fourth-order valence-corrected chi connectivity index (χ4v) is 4.78. The first-order chi connectivity index (χ1) is 14.6. The second-order valence-corrected chi connectivity index (χ2v) is 8.48. The van der Waals surface area contributed by atoms with Crippen LogP contribution in [0.2, 0.25) is 0 Å². The van der Waals surface area contributed by atoms with Gasteiger partial charge in [-0.25, -0.2) is 9.78 Å². The van der Waals surface area contributed by atoms with Crippen molar-refractivity contribution in [1.82, 2.24) is 24.8 Å². The Bertz CT molecular complexity index is 903. The summed E-state index contributed by atoms with van der Waals surface area (Å²) in [5.41, 5.74) is 1.97. The van der Waals surface area contributed by atoms with E-state index in [0.29, 0.717) is 25.6 Å². The lowest BCUT2D eigenvalue weighted by molar-refractivity contribution is -0.149. The molecule has 8 heteroatoms. The number of aromatic nitrogens is 3. The van der Waals surface area contributed by atoms with E-state index in [4.69, 9.17) is 9.72 Å². The first-order valence-corrected chi connectivity index (χ1v) is 11.0. The number of amides is 2. The number of urea groups is 1. The number of nitrogens with zero attached hydrogens (tertiary/aromatic N) is 4. The zero-order valence-corrected chi connectivity index (χ0v) is 17.8. The molecule has 2 fully saturated rings. The number of aryl methyl sites for hydroxylation is 1. The molecule has 162 valence electrons. The minimum atomic E-state index is -0.0687. The summed E-state index contributed by atoms with van der Waals surface area (Å²) in [6, 6.07) is 1.93. The summed E-state index contributed by atoms with van der Waals surface area (Å²) in [6.45, 7) is 4.39. The van der Waals surface area contributed by atoms with Crippen molar-refractivity contribution in [1.29, 1.82) is 0 Å². The van der Waals surface area contributed by atoms with Gasteiger partial charge in [-0.2, -0.15) is 0 Å². The van der Waals surface area contributed by atoms with Gasteiger partial charge in [0.25, 0.3) is 0 Å². The number of ether oxygens (including phenoxy) is 1. The minimum Gasteiger partial charge on any atom is -0.466 e. The number of hydrogen-bond donors (Lipinski definition) is 1. The zero-order chi connectivity index (χ0) is 21.1. The van der Waals surface area contributed by atoms with Crippen molar-refractivity contribution in [2.24, 2.45) is 18.9 Å². The van der Waals surface area contributed by atoms with Crippen LogP contribution in [0.25, 0.3) is 11.0 Å². The van der Waals surface area contributed by atoms with Gasteiger partial charge in [0, 0.05) is 38.8 Å². The van der Waals surface area contributed by atoms with Crippen LogP contribution in [0.3, 0.4) is 0 Å². The predicted octanol–water partition coefficient (Wildman–Crippen LogP) is 2.84. The SMILES string of the molecule is CCOC(=O)C1CCC(CNC(=O)N2CC[C@H](c3nc4ccncc4n3C)C2)CC1. The average molecular weight is 414 g/mol. The number of nitrogens with one attached hydrogen (secondary N) is 1. The summed E-state index contributed by atoms with van der Waals surface area (Å²) in [5, 5.41) is 3.11. The van der Waals surface area contributed by atoms with Crippen molar-refractivity contribution in [3.8, 4) is 0 Å². The molecule has 8 nitrogen and oxygen atoms in total. The lowest BCUT2D eigenvalue weighted by Crippen LogP contribution is -2.41. The van der Waals surface area contributed by atoms with Gasteiger partial charge in [-0.3, -0.25) is 9.78 Å². The van der Waals surface area contributed by atoms with Crippen LogP contribution < -0.4 is 5.32 Å². The highest BCUT2D eigenvalue weighted by Gasteiger charge is 2.31. The number of rotatable bonds is 5. The summed E-state index contributed by atoms with van der Waals surface area (Å²) in [5.74, 6) is 1.66. The quantitative estimate of drug-likeness (QED) is 0.762. The maximum absolute atomic E-state index is 12.7. The van der Waals surface area contributed by atoms with Crippen LogP contribution in [0.15, 0.2) is 18.5 Å². The zero-order valence-electron chi connectivity index (χ0n) is 17.8. The van der Waals surface area contributed by atoms with Crippen LogP contribution in [0.4, 0.5) is 4.79 Å². The van der Waals surface area contributed by atoms with Gasteiger partial charge in [0.05, 0.1) is 29.8 Å². The van der Waals surface area contributed by atoms with Gasteiger partial charge in [0.2, 0.25) is 0 Å². The number of hydrogen-bond acceptors (Lipinski definition) is 5. The van der Waals surface area contributed by atoms with Gasteiger partial charge in [0.1, 0.15) is 5.82 Å². The molecule has 1 saturated carbocycles. The Morgan fingerprint density at radius 3 is 2.77 bits per heavy atom. The third-order valence-electron chi connectivity index (χ3n) is 6.57. The van der Waals surface area contributed by atoms with Crippen molar-refractivity contribution in [3.05, 3.63) is 24.3 Å². The number of pyridine rings is 1. The maximum atomic E-state index is 12.7. The highest BCUT2D eigenvalue weighted by atomic mass is 16.5. The molecule has 2 aromatic heterocycles. The Morgan fingerprint density at radius 1 is 1.23 bits per heavy atom. The molecule has 0 aromatic carbocycles. The number of imidazole rings is 1. The smallest absolute Gasteiger partial charge is 0.317 e. The van der Waals surface area contributed by atoms with E-state index in [2.05, 4.69) is 14.9 Å². The van der Waals surface area contributed by atoms with Gasteiger partial charge in [-0.05, 0) is 51.0 Å². The number of likely N-dealkylation sites (tertiary alicyclic amines) is 1. The first-order valence-electron chi connectivity index (χ1n) is 11.0. The Kier molecular flexibility index (Phi) is 6.20. The summed E-state index contributed by atoms with van der Waals surface area (Å²) >= 11 is 0. The number of carbonyl (C=O) groups is 2. The molecule has 1 aliphatic heterocycles. The van der Waals surface area contributed by atoms with Crippen LogP contribution in [-0.4, -0.2) is 57.7 Å². The molecule has 1 saturated heterocycles. The fourth-order valence-electron chi connectivity index (χ4n) is 4.78. The Balaban J connectivity index is 1.25. The molecule has 0 radical (unpaired) electrons. The molecule has 2 amide bonds. The third kappa shape index (κ3) is 4.27. The van der Waals surface area contributed by atoms with E-state index in [1.807, 2.05) is 31.1 Å². The summed E-state index contributed by atoms with van der Waals surface area (Å²) < 4.78 is 7.22. The lowest BCUT2D eigenvalue weighted by Gasteiger charge is -2.28. The van der Waals surface area contributed by atoms with E-state index in [9.17, 15) is 9.59 Å². The number of carbonyl (C=O) groups excluding carboxylic acids is 2. The maximum Gasteiger partial charge on any atom is 0.317 e. The molecule has 2 aliphatic rings. The highest BCUT2D eigenvalue weighted by Crippen LogP contribution is 2.30. The molecule has 3 heterocycles. The lowest BCUT2D eigenvalue weighted by atomic mass is 9.82. The third-order valence-corrected chi connectivity index (χ3v) is 6.57. The molecule has 0 spiro atoms. The van der Waals surface area contributed by atoms with E-state index in [-0.39, 0.29) is 23.8 Å². The normalized spacial score (nSPS) is 24.2. The van der Waals surface area contributed by atoms with Gasteiger partial charge in [-0.15, -0.1) is 0 Å². The van der Waals surface area contributed by atoms with Crippen molar-refractivity contribution in [2.75, 3.05) is 26.2 Å². The van der Waals surface area contributed by atoms with E-state index >= 15 is 0 Å². The van der Waals surface area contributed by atoms with E-state index in [1.165, 1.54) is 0 Å². The summed E-state index contributed by atoms with van der Waals surface area (Å²) in [4.78, 5) is 35.4. The summed E-state index contributed by atoms with van der Waals surface area (Å²) in [7, 11) is 2.02. The van der Waals surface area contributed by atoms with Crippen LogP contribution >= 0.6 is 0 Å². The number of esters is 1. The monoisotopic (exact) mass is 413 g/mol. The van der Waals surface area contributed by atoms with Gasteiger partial charge in [-0.1, -0.05) is 0 Å². The standard InChI is InChI=1S/C22H31N5O3/c1-3-30-21(28)16-6-4-15(5-7-16)12-24-22(29)27-11-9-17(14-27)20-25-18-8-10-23-13-19(18)26(20)2/h8,10,13,15-17H,3-7,9,11-12,14H2,1-2H3,(H,24,29)/t15?,16?,17-/m0/s1. The van der Waals surface area contributed by atoms with Gasteiger partial charge >= 0.3 is 12.0 Å². The molecule has 4 rings (SSSR count). The van der Waals surface area contributed by atoms with Crippen LogP contribution in [0.1, 0.15) is 50.8 Å². The highest BCUT2D eigenvalue weighted by molar-refractivity contribution is 5.76. The molecule has 0 bridgehead atoms. The topological polar surface area (TPSA) is 89.3 Å². The summed E-state index contributed by atoms with van der Waals surface area (Å²) in [6.07, 6.45) is 8.14. The second-order valence-electron chi connectivity index (χ2n) is 8.48. The van der Waals surface area contributed by atoms with Crippen LogP contribution in [0, 0.1) is 11.8 Å². The first kappa shape index (κ1) is 20.6. The molecular weight excluding hydrogens is 382 g/mol. The fraction of sp³-hybridized carbons (Fsp3) is 0.636. The van der Waals surface area contributed by atoms with Crippen LogP contribution in [-0.2, 0) is 16.6 Å². The number of fused-ring (bicyclic) bond motifs is 1. The van der Waals surface area contributed by atoms with Crippen molar-refractivity contribution < 1.29 is 14.3 Å². The molecule has 30 heavy (non-hydrogen) atoms. The molecule has 1 atom stereocenters. The molecule has 1 aliphatic carbocycles. The molecule has 0 unspecified atom stereocenters.